The molecule has 0 aromatic heterocycles. The normalized spacial score (nSPS) is 9.82. The molecule has 0 aromatic rings. The van der Waals surface area contributed by atoms with Gasteiger partial charge in [0.25, 0.3) is 0 Å². The van der Waals surface area contributed by atoms with Gasteiger partial charge in [-0.1, -0.05) is 26.6 Å². The van der Waals surface area contributed by atoms with Crippen LogP contribution in [0.3, 0.4) is 0 Å². The number of rotatable bonds is 6. The van der Waals surface area contributed by atoms with Crippen molar-refractivity contribution in [3.63, 3.8) is 0 Å². The molecular weight excluding hydrogens is 217 g/mol. The van der Waals surface area contributed by atoms with Crippen LogP contribution >= 0.6 is 0 Å². The Kier molecular flexibility index (Phi) is 14.6. The van der Waals surface area contributed by atoms with Gasteiger partial charge in [-0.25, -0.2) is 0 Å². The van der Waals surface area contributed by atoms with Crippen molar-refractivity contribution in [1.29, 1.82) is 0 Å². The van der Waals surface area contributed by atoms with E-state index in [1.165, 1.54) is 12.3 Å². The molecule has 3 heteroatoms. The predicted octanol–water partition coefficient (Wildman–Crippen LogP) is 1.65. The zero-order valence-electron chi connectivity index (χ0n) is 7.72. The summed E-state index contributed by atoms with van der Waals surface area (Å²) in [5.74, 6) is 1.34. The molecule has 2 nitrogen and oxygen atoms in total. The second-order valence-corrected chi connectivity index (χ2v) is 2.37. The van der Waals surface area contributed by atoms with Crippen molar-refractivity contribution in [3.05, 3.63) is 5.92 Å². The van der Waals surface area contributed by atoms with E-state index in [9.17, 15) is 0 Å². The molecule has 0 spiro atoms. The Morgan fingerprint density at radius 1 is 1.09 bits per heavy atom. The third kappa shape index (κ3) is 8.93. The molecular formula is C8H17O2Y-. The number of hydrogen-bond donors (Lipinski definition) is 0. The SMILES string of the molecule is CCC[C-](COC)COC.[Y]. The average molecular weight is 234 g/mol. The average Bonchev–Trinajstić information content (AvgIpc) is 1.90. The van der Waals surface area contributed by atoms with Gasteiger partial charge in [-0.15, -0.1) is 0 Å². The van der Waals surface area contributed by atoms with Crippen LogP contribution in [0.4, 0.5) is 0 Å². The van der Waals surface area contributed by atoms with Gasteiger partial charge in [0.1, 0.15) is 0 Å². The topological polar surface area (TPSA) is 18.5 Å². The van der Waals surface area contributed by atoms with E-state index in [1.54, 1.807) is 14.2 Å². The van der Waals surface area contributed by atoms with Gasteiger partial charge in [0.05, 0.1) is 0 Å². The Labute approximate surface area is 94.9 Å². The minimum Gasteiger partial charge on any atom is -0.416 e. The molecule has 0 aromatic carbocycles. The van der Waals surface area contributed by atoms with Crippen LogP contribution < -0.4 is 0 Å². The van der Waals surface area contributed by atoms with E-state index in [1.807, 2.05) is 0 Å². The van der Waals surface area contributed by atoms with Crippen LogP contribution in [0.5, 0.6) is 0 Å². The van der Waals surface area contributed by atoms with Crippen molar-refractivity contribution in [1.82, 2.24) is 0 Å². The molecule has 0 aliphatic heterocycles. The van der Waals surface area contributed by atoms with Crippen LogP contribution in [-0.2, 0) is 42.2 Å². The van der Waals surface area contributed by atoms with E-state index in [2.05, 4.69) is 6.92 Å². The van der Waals surface area contributed by atoms with Gasteiger partial charge in [-0.3, -0.25) is 5.92 Å². The van der Waals surface area contributed by atoms with Crippen LogP contribution in [-0.4, -0.2) is 27.4 Å². The standard InChI is InChI=1S/C8H17O2.Y/c1-4-5-8(6-9-2)7-10-3;/h4-7H2,1-3H3;/q-1;. The third-order valence-electron chi connectivity index (χ3n) is 1.30. The zero-order chi connectivity index (χ0) is 7.82. The zero-order valence-corrected chi connectivity index (χ0v) is 10.6. The molecule has 0 saturated heterocycles. The van der Waals surface area contributed by atoms with Crippen molar-refractivity contribution in [2.45, 2.75) is 19.8 Å². The van der Waals surface area contributed by atoms with Gasteiger partial charge < -0.3 is 9.47 Å². The van der Waals surface area contributed by atoms with Gasteiger partial charge in [-0.05, 0) is 0 Å². The molecule has 0 saturated carbocycles. The molecule has 65 valence electrons. The van der Waals surface area contributed by atoms with E-state index in [0.29, 0.717) is 0 Å². The van der Waals surface area contributed by atoms with Gasteiger partial charge in [0.2, 0.25) is 0 Å². The van der Waals surface area contributed by atoms with Crippen LogP contribution in [0, 0.1) is 5.92 Å². The summed E-state index contributed by atoms with van der Waals surface area (Å²) in [6, 6.07) is 0. The van der Waals surface area contributed by atoms with Crippen molar-refractivity contribution in [2.75, 3.05) is 27.4 Å². The van der Waals surface area contributed by atoms with Crippen molar-refractivity contribution >= 4 is 0 Å². The fourth-order valence-corrected chi connectivity index (χ4v) is 0.948. The van der Waals surface area contributed by atoms with E-state index in [4.69, 9.17) is 9.47 Å². The quantitative estimate of drug-likeness (QED) is 0.650. The molecule has 0 rings (SSSR count). The third-order valence-corrected chi connectivity index (χ3v) is 1.30. The maximum Gasteiger partial charge on any atom is 0.0319 e. The molecule has 0 atom stereocenters. The van der Waals surface area contributed by atoms with E-state index in [-0.39, 0.29) is 32.7 Å². The second kappa shape index (κ2) is 11.0. The maximum absolute atomic E-state index is 4.99. The molecule has 0 amide bonds. The molecule has 0 N–H and O–H groups in total. The van der Waals surface area contributed by atoms with Gasteiger partial charge in [-0.2, -0.15) is 6.42 Å². The second-order valence-electron chi connectivity index (χ2n) is 2.37. The summed E-state index contributed by atoms with van der Waals surface area (Å²) in [5, 5.41) is 0. The Morgan fingerprint density at radius 2 is 1.55 bits per heavy atom. The number of ether oxygens (including phenoxy) is 2. The number of methoxy groups -OCH3 is 2. The van der Waals surface area contributed by atoms with E-state index >= 15 is 0 Å². The van der Waals surface area contributed by atoms with Crippen molar-refractivity contribution < 1.29 is 42.2 Å². The summed E-state index contributed by atoms with van der Waals surface area (Å²) in [7, 11) is 3.43. The maximum atomic E-state index is 4.99. The van der Waals surface area contributed by atoms with Crippen LogP contribution in [0.2, 0.25) is 0 Å². The van der Waals surface area contributed by atoms with Crippen molar-refractivity contribution in [2.24, 2.45) is 0 Å². The molecule has 1 radical (unpaired) electrons. The largest absolute Gasteiger partial charge is 0.416 e. The van der Waals surface area contributed by atoms with Crippen molar-refractivity contribution in [3.8, 4) is 0 Å². The Bertz CT molecular complexity index is 54.8. The first kappa shape index (κ1) is 14.5. The van der Waals surface area contributed by atoms with E-state index in [0.717, 1.165) is 19.6 Å². The Balaban J connectivity index is 0. The minimum atomic E-state index is 0. The Hall–Kier alpha value is 1.02. The fraction of sp³-hybridized carbons (Fsp3) is 0.875. The van der Waals surface area contributed by atoms with Crippen LogP contribution in [0.15, 0.2) is 0 Å². The van der Waals surface area contributed by atoms with Gasteiger partial charge in [0, 0.05) is 46.9 Å². The summed E-state index contributed by atoms with van der Waals surface area (Å²) in [6.45, 7) is 3.63. The predicted molar refractivity (Wildman–Crippen MR) is 41.9 cm³/mol. The summed E-state index contributed by atoms with van der Waals surface area (Å²) < 4.78 is 9.98. The molecule has 11 heavy (non-hydrogen) atoms. The van der Waals surface area contributed by atoms with Gasteiger partial charge >= 0.3 is 0 Å². The summed E-state index contributed by atoms with van der Waals surface area (Å²) in [5.41, 5.74) is 0. The van der Waals surface area contributed by atoms with Crippen LogP contribution in [0.1, 0.15) is 19.8 Å². The van der Waals surface area contributed by atoms with Gasteiger partial charge in [0.15, 0.2) is 0 Å². The van der Waals surface area contributed by atoms with Crippen LogP contribution in [0.25, 0.3) is 0 Å². The van der Waals surface area contributed by atoms with E-state index < -0.39 is 0 Å². The summed E-state index contributed by atoms with van der Waals surface area (Å²) in [6.07, 6.45) is 2.28. The Morgan fingerprint density at radius 3 is 1.82 bits per heavy atom. The minimum absolute atomic E-state index is 0. The molecule has 0 aliphatic carbocycles. The summed E-state index contributed by atoms with van der Waals surface area (Å²) in [4.78, 5) is 0. The number of hydrogen-bond acceptors (Lipinski definition) is 2. The molecule has 0 fully saturated rings. The monoisotopic (exact) mass is 234 g/mol. The molecule has 0 bridgehead atoms. The first-order chi connectivity index (χ1) is 4.85. The first-order valence-corrected chi connectivity index (χ1v) is 3.66. The fourth-order valence-electron chi connectivity index (χ4n) is 0.948. The first-order valence-electron chi connectivity index (χ1n) is 3.66. The molecule has 0 heterocycles. The summed E-state index contributed by atoms with van der Waals surface area (Å²) >= 11 is 0. The smallest absolute Gasteiger partial charge is 0.0319 e. The molecule has 0 unspecified atom stereocenters. The molecule has 0 aliphatic rings.